The second-order valence-corrected chi connectivity index (χ2v) is 6.39. The zero-order valence-electron chi connectivity index (χ0n) is 13.6. The normalized spacial score (nSPS) is 10.8. The van der Waals surface area contributed by atoms with Crippen molar-refractivity contribution < 1.29 is 4.79 Å². The van der Waals surface area contributed by atoms with Gasteiger partial charge in [0.05, 0.1) is 23.3 Å². The highest BCUT2D eigenvalue weighted by atomic mass is 32.2. The topological polar surface area (TPSA) is 85.6 Å². The minimum Gasteiger partial charge on any atom is -0.324 e. The van der Waals surface area contributed by atoms with Crippen molar-refractivity contribution in [1.29, 1.82) is 0 Å². The molecule has 4 rings (SSSR count). The van der Waals surface area contributed by atoms with Crippen molar-refractivity contribution in [3.63, 3.8) is 0 Å². The summed E-state index contributed by atoms with van der Waals surface area (Å²) in [6, 6.07) is 17.5. The lowest BCUT2D eigenvalue weighted by Crippen LogP contribution is -2.14. The SMILES string of the molecule is O=C(CSc1nnnn1-c1cccc2ccccc12)Nc1cccnc1. The number of nitrogens with zero attached hydrogens (tertiary/aromatic N) is 5. The molecule has 2 aromatic carbocycles. The summed E-state index contributed by atoms with van der Waals surface area (Å²) < 4.78 is 1.66. The number of pyridine rings is 1. The Morgan fingerprint density at radius 3 is 2.85 bits per heavy atom. The standard InChI is InChI=1S/C18H14N6OS/c25-17(20-14-7-4-10-19-11-14)12-26-18-21-22-23-24(18)16-9-3-6-13-5-1-2-8-15(13)16/h1-11H,12H2,(H,20,25). The number of thioether (sulfide) groups is 1. The minimum atomic E-state index is -0.143. The van der Waals surface area contributed by atoms with Crippen molar-refractivity contribution in [1.82, 2.24) is 25.2 Å². The molecule has 7 nitrogen and oxygen atoms in total. The monoisotopic (exact) mass is 362 g/mol. The Labute approximate surface area is 153 Å². The summed E-state index contributed by atoms with van der Waals surface area (Å²) in [7, 11) is 0. The molecule has 4 aromatic rings. The van der Waals surface area contributed by atoms with Gasteiger partial charge in [0.2, 0.25) is 11.1 Å². The summed E-state index contributed by atoms with van der Waals surface area (Å²) in [5, 5.41) is 17.4. The number of nitrogens with one attached hydrogen (secondary N) is 1. The number of tetrazole rings is 1. The first kappa shape index (κ1) is 16.2. The van der Waals surface area contributed by atoms with Gasteiger partial charge in [-0.05, 0) is 34.0 Å². The van der Waals surface area contributed by atoms with E-state index < -0.39 is 0 Å². The van der Waals surface area contributed by atoms with Crippen LogP contribution in [0.5, 0.6) is 0 Å². The molecule has 128 valence electrons. The Kier molecular flexibility index (Phi) is 4.57. The predicted molar refractivity (Wildman–Crippen MR) is 100 cm³/mol. The van der Waals surface area contributed by atoms with E-state index in [2.05, 4.69) is 25.8 Å². The van der Waals surface area contributed by atoms with E-state index >= 15 is 0 Å². The van der Waals surface area contributed by atoms with E-state index in [9.17, 15) is 4.79 Å². The van der Waals surface area contributed by atoms with Gasteiger partial charge in [-0.1, -0.05) is 48.2 Å². The molecular formula is C18H14N6OS. The molecule has 26 heavy (non-hydrogen) atoms. The number of anilines is 1. The maximum absolute atomic E-state index is 12.1. The summed E-state index contributed by atoms with van der Waals surface area (Å²) in [5.41, 5.74) is 1.54. The lowest BCUT2D eigenvalue weighted by molar-refractivity contribution is -0.113. The average molecular weight is 362 g/mol. The number of fused-ring (bicyclic) bond motifs is 1. The molecule has 0 spiro atoms. The van der Waals surface area contributed by atoms with Gasteiger partial charge in [0.25, 0.3) is 0 Å². The molecule has 2 heterocycles. The number of amides is 1. The van der Waals surface area contributed by atoms with Gasteiger partial charge in [0.1, 0.15) is 0 Å². The Morgan fingerprint density at radius 1 is 1.08 bits per heavy atom. The molecule has 0 aliphatic heterocycles. The number of carbonyl (C=O) groups is 1. The van der Waals surface area contributed by atoms with Crippen molar-refractivity contribution in [2.75, 3.05) is 11.1 Å². The van der Waals surface area contributed by atoms with E-state index in [4.69, 9.17) is 0 Å². The van der Waals surface area contributed by atoms with Crippen molar-refractivity contribution in [2.45, 2.75) is 5.16 Å². The van der Waals surface area contributed by atoms with Gasteiger partial charge >= 0.3 is 0 Å². The third-order valence-electron chi connectivity index (χ3n) is 3.71. The number of hydrogen-bond donors (Lipinski definition) is 1. The van der Waals surface area contributed by atoms with E-state index in [-0.39, 0.29) is 11.7 Å². The lowest BCUT2D eigenvalue weighted by Gasteiger charge is -2.08. The van der Waals surface area contributed by atoms with Crippen LogP contribution in [-0.2, 0) is 4.79 Å². The van der Waals surface area contributed by atoms with Crippen LogP contribution in [0.2, 0.25) is 0 Å². The van der Waals surface area contributed by atoms with Gasteiger partial charge in [-0.15, -0.1) is 5.10 Å². The molecule has 0 aliphatic rings. The minimum absolute atomic E-state index is 0.143. The molecule has 0 saturated carbocycles. The van der Waals surface area contributed by atoms with E-state index in [0.717, 1.165) is 16.5 Å². The predicted octanol–water partition coefficient (Wildman–Crippen LogP) is 2.94. The van der Waals surface area contributed by atoms with Gasteiger partial charge < -0.3 is 5.32 Å². The van der Waals surface area contributed by atoms with Crippen molar-refractivity contribution in [3.05, 3.63) is 67.0 Å². The second kappa shape index (κ2) is 7.32. The number of carbonyl (C=O) groups excluding carboxylic acids is 1. The van der Waals surface area contributed by atoms with Crippen LogP contribution >= 0.6 is 11.8 Å². The zero-order valence-corrected chi connectivity index (χ0v) is 14.4. The Morgan fingerprint density at radius 2 is 1.96 bits per heavy atom. The number of aromatic nitrogens is 5. The highest BCUT2D eigenvalue weighted by Gasteiger charge is 2.13. The molecule has 8 heteroatoms. The maximum Gasteiger partial charge on any atom is 0.234 e. The average Bonchev–Trinajstić information content (AvgIpc) is 3.15. The van der Waals surface area contributed by atoms with Crippen LogP contribution < -0.4 is 5.32 Å². The van der Waals surface area contributed by atoms with Crippen LogP contribution in [0.25, 0.3) is 16.5 Å². The van der Waals surface area contributed by atoms with Gasteiger partial charge in [0, 0.05) is 11.6 Å². The highest BCUT2D eigenvalue weighted by molar-refractivity contribution is 7.99. The van der Waals surface area contributed by atoms with Crippen LogP contribution in [0.4, 0.5) is 5.69 Å². The molecule has 0 atom stereocenters. The maximum atomic E-state index is 12.1. The number of rotatable bonds is 5. The van der Waals surface area contributed by atoms with Crippen molar-refractivity contribution in [2.24, 2.45) is 0 Å². The smallest absolute Gasteiger partial charge is 0.234 e. The fourth-order valence-electron chi connectivity index (χ4n) is 2.58. The zero-order chi connectivity index (χ0) is 17.8. The Bertz CT molecular complexity index is 1040. The van der Waals surface area contributed by atoms with E-state index in [0.29, 0.717) is 10.8 Å². The molecule has 0 fully saturated rings. The quantitative estimate of drug-likeness (QED) is 0.550. The molecule has 0 saturated heterocycles. The first-order chi connectivity index (χ1) is 12.8. The fourth-order valence-corrected chi connectivity index (χ4v) is 3.26. The largest absolute Gasteiger partial charge is 0.324 e. The van der Waals surface area contributed by atoms with Crippen LogP contribution in [0.3, 0.4) is 0 Å². The van der Waals surface area contributed by atoms with Crippen LogP contribution in [0, 0.1) is 0 Å². The molecule has 0 bridgehead atoms. The van der Waals surface area contributed by atoms with Crippen molar-refractivity contribution in [3.8, 4) is 5.69 Å². The summed E-state index contributed by atoms with van der Waals surface area (Å²) in [5.74, 6) is 0.0514. The third-order valence-corrected chi connectivity index (χ3v) is 4.63. The summed E-state index contributed by atoms with van der Waals surface area (Å²) in [6.07, 6.45) is 3.26. The number of benzene rings is 2. The van der Waals surface area contributed by atoms with Gasteiger partial charge in [-0.3, -0.25) is 9.78 Å². The summed E-state index contributed by atoms with van der Waals surface area (Å²) in [4.78, 5) is 16.1. The van der Waals surface area contributed by atoms with Crippen LogP contribution in [-0.4, -0.2) is 36.9 Å². The molecule has 2 aromatic heterocycles. The first-order valence-electron chi connectivity index (χ1n) is 7.90. The molecule has 0 radical (unpaired) electrons. The molecule has 1 N–H and O–H groups in total. The van der Waals surface area contributed by atoms with Crippen LogP contribution in [0.1, 0.15) is 0 Å². The lowest BCUT2D eigenvalue weighted by atomic mass is 10.1. The summed E-state index contributed by atoms with van der Waals surface area (Å²) in [6.45, 7) is 0. The Hall–Kier alpha value is -3.26. The molecule has 0 unspecified atom stereocenters. The third kappa shape index (κ3) is 3.40. The highest BCUT2D eigenvalue weighted by Crippen LogP contribution is 2.25. The second-order valence-electron chi connectivity index (χ2n) is 5.45. The summed E-state index contributed by atoms with van der Waals surface area (Å²) >= 11 is 1.28. The Balaban J connectivity index is 1.53. The van der Waals surface area contributed by atoms with Crippen LogP contribution in [0.15, 0.2) is 72.1 Å². The van der Waals surface area contributed by atoms with Gasteiger partial charge in [-0.2, -0.15) is 4.68 Å². The van der Waals surface area contributed by atoms with Gasteiger partial charge in [0.15, 0.2) is 0 Å². The van der Waals surface area contributed by atoms with E-state index in [1.165, 1.54) is 11.8 Å². The van der Waals surface area contributed by atoms with E-state index in [1.807, 2.05) is 42.5 Å². The fraction of sp³-hybridized carbons (Fsp3) is 0.0556. The first-order valence-corrected chi connectivity index (χ1v) is 8.89. The van der Waals surface area contributed by atoms with Crippen molar-refractivity contribution >= 4 is 34.1 Å². The molecule has 1 amide bonds. The molecule has 0 aliphatic carbocycles. The van der Waals surface area contributed by atoms with Gasteiger partial charge in [-0.25, -0.2) is 0 Å². The van der Waals surface area contributed by atoms with E-state index in [1.54, 1.807) is 29.2 Å². The molecular weight excluding hydrogens is 348 g/mol. The number of hydrogen-bond acceptors (Lipinski definition) is 6.